The fraction of sp³-hybridized carbons (Fsp3) is 0.125. The molecule has 2 aromatic heterocycles. The van der Waals surface area contributed by atoms with Crippen molar-refractivity contribution in [1.29, 1.82) is 0 Å². The van der Waals surface area contributed by atoms with Crippen LogP contribution in [-0.4, -0.2) is 36.4 Å². The molecule has 0 bridgehead atoms. The van der Waals surface area contributed by atoms with E-state index >= 15 is 0 Å². The van der Waals surface area contributed by atoms with Gasteiger partial charge in [-0.15, -0.1) is 5.10 Å². The zero-order chi connectivity index (χ0) is 12.3. The Balaban J connectivity index is 2.02. The largest absolute Gasteiger partial charge is 0.480 e. The van der Waals surface area contributed by atoms with Crippen LogP contribution < -0.4 is 5.32 Å². The van der Waals surface area contributed by atoms with Gasteiger partial charge in [0, 0.05) is 11.6 Å². The van der Waals surface area contributed by atoms with E-state index in [2.05, 4.69) is 20.0 Å². The first kappa shape index (κ1) is 11.2. The van der Waals surface area contributed by atoms with Crippen molar-refractivity contribution in [2.24, 2.45) is 0 Å². The molecule has 0 radical (unpaired) electrons. The molecule has 0 aliphatic heterocycles. The molecule has 0 spiro atoms. The summed E-state index contributed by atoms with van der Waals surface area (Å²) in [5.41, 5.74) is 0.616. The Bertz CT molecular complexity index is 535. The number of hydrogen-bond donors (Lipinski definition) is 2. The first-order chi connectivity index (χ1) is 8.15. The van der Waals surface area contributed by atoms with E-state index in [0.717, 1.165) is 11.5 Å². The summed E-state index contributed by atoms with van der Waals surface area (Å²) in [6.07, 6.45) is 2.78. The fourth-order valence-corrected chi connectivity index (χ4v) is 1.55. The number of carbonyl (C=O) groups is 2. The number of hydrogen-bond acceptors (Lipinski definition) is 6. The van der Waals surface area contributed by atoms with Crippen LogP contribution in [0.5, 0.6) is 0 Å². The number of anilines is 1. The molecule has 0 aromatic carbocycles. The Morgan fingerprint density at radius 3 is 3.00 bits per heavy atom. The first-order valence-electron chi connectivity index (χ1n) is 4.48. The molecule has 0 aliphatic rings. The lowest BCUT2D eigenvalue weighted by Crippen LogP contribution is -2.12. The molecular weight excluding hydrogens is 246 g/mol. The van der Waals surface area contributed by atoms with Gasteiger partial charge in [-0.25, -0.2) is 0 Å². The van der Waals surface area contributed by atoms with Gasteiger partial charge in [0.25, 0.3) is 5.91 Å². The minimum Gasteiger partial charge on any atom is -0.480 e. The summed E-state index contributed by atoms with van der Waals surface area (Å²) in [6, 6.07) is 0. The van der Waals surface area contributed by atoms with Gasteiger partial charge in [0.05, 0.1) is 11.9 Å². The Morgan fingerprint density at radius 1 is 1.53 bits per heavy atom. The molecule has 8 nitrogen and oxygen atoms in total. The van der Waals surface area contributed by atoms with E-state index in [-0.39, 0.29) is 12.2 Å². The maximum absolute atomic E-state index is 11.5. The monoisotopic (exact) mass is 253 g/mol. The highest BCUT2D eigenvalue weighted by Crippen LogP contribution is 2.07. The summed E-state index contributed by atoms with van der Waals surface area (Å²) < 4.78 is 4.77. The van der Waals surface area contributed by atoms with E-state index in [1.54, 1.807) is 0 Å². The quantitative estimate of drug-likeness (QED) is 0.797. The SMILES string of the molecule is O=C(O)Cn1cc(NC(=O)c2csnn2)cn1. The number of aliphatic carboxylic acids is 1. The van der Waals surface area contributed by atoms with E-state index in [9.17, 15) is 9.59 Å². The van der Waals surface area contributed by atoms with Gasteiger partial charge in [0.2, 0.25) is 0 Å². The highest BCUT2D eigenvalue weighted by atomic mass is 32.1. The third-order valence-electron chi connectivity index (χ3n) is 1.78. The molecular formula is C8H7N5O3S. The number of aromatic nitrogens is 4. The lowest BCUT2D eigenvalue weighted by atomic mass is 10.4. The molecule has 0 atom stereocenters. The number of amides is 1. The summed E-state index contributed by atoms with van der Waals surface area (Å²) in [6.45, 7) is -0.256. The van der Waals surface area contributed by atoms with Crippen LogP contribution in [0, 0.1) is 0 Å². The van der Waals surface area contributed by atoms with Crippen molar-refractivity contribution in [3.63, 3.8) is 0 Å². The molecule has 9 heteroatoms. The average molecular weight is 253 g/mol. The molecule has 2 rings (SSSR count). The second-order valence-electron chi connectivity index (χ2n) is 3.06. The van der Waals surface area contributed by atoms with E-state index < -0.39 is 11.9 Å². The molecule has 0 fully saturated rings. The second kappa shape index (κ2) is 4.70. The van der Waals surface area contributed by atoms with Crippen LogP contribution in [0.3, 0.4) is 0 Å². The summed E-state index contributed by atoms with van der Waals surface area (Å²) in [4.78, 5) is 22.0. The Morgan fingerprint density at radius 2 is 2.35 bits per heavy atom. The smallest absolute Gasteiger partial charge is 0.325 e. The van der Waals surface area contributed by atoms with Gasteiger partial charge in [0.1, 0.15) is 6.54 Å². The number of nitrogens with zero attached hydrogens (tertiary/aromatic N) is 4. The summed E-state index contributed by atoms with van der Waals surface area (Å²) in [7, 11) is 0. The number of carboxylic acids is 1. The normalized spacial score (nSPS) is 10.1. The van der Waals surface area contributed by atoms with Crippen molar-refractivity contribution >= 4 is 29.1 Å². The van der Waals surface area contributed by atoms with Crippen molar-refractivity contribution in [2.45, 2.75) is 6.54 Å². The van der Waals surface area contributed by atoms with Crippen molar-refractivity contribution in [3.05, 3.63) is 23.5 Å². The number of rotatable bonds is 4. The van der Waals surface area contributed by atoms with E-state index in [1.165, 1.54) is 22.5 Å². The van der Waals surface area contributed by atoms with Gasteiger partial charge in [-0.3, -0.25) is 14.3 Å². The maximum Gasteiger partial charge on any atom is 0.325 e. The number of carbonyl (C=O) groups excluding carboxylic acids is 1. The van der Waals surface area contributed by atoms with E-state index in [4.69, 9.17) is 5.11 Å². The third kappa shape index (κ3) is 2.84. The standard InChI is InChI=1S/C8H7N5O3S/c14-7(15)3-13-2-5(1-9-13)10-8(16)6-4-17-12-11-6/h1-2,4H,3H2,(H,10,16)(H,14,15). The topological polar surface area (TPSA) is 110 Å². The van der Waals surface area contributed by atoms with Crippen LogP contribution in [-0.2, 0) is 11.3 Å². The van der Waals surface area contributed by atoms with Crippen LogP contribution in [0.25, 0.3) is 0 Å². The summed E-state index contributed by atoms with van der Waals surface area (Å²) >= 11 is 1.07. The molecule has 0 aliphatic carbocycles. The zero-order valence-corrected chi connectivity index (χ0v) is 9.22. The van der Waals surface area contributed by atoms with Crippen molar-refractivity contribution < 1.29 is 14.7 Å². The second-order valence-corrected chi connectivity index (χ2v) is 3.67. The lowest BCUT2D eigenvalue weighted by Gasteiger charge is -1.97. The Labute approximate surface area is 99.0 Å². The van der Waals surface area contributed by atoms with Crippen LogP contribution in [0.2, 0.25) is 0 Å². The molecule has 2 heterocycles. The van der Waals surface area contributed by atoms with Crippen molar-refractivity contribution in [1.82, 2.24) is 19.4 Å². The van der Waals surface area contributed by atoms with Gasteiger partial charge < -0.3 is 10.4 Å². The molecule has 2 aromatic rings. The summed E-state index contributed by atoms with van der Waals surface area (Å²) in [5.74, 6) is -1.41. The zero-order valence-electron chi connectivity index (χ0n) is 8.40. The first-order valence-corrected chi connectivity index (χ1v) is 5.31. The van der Waals surface area contributed by atoms with Crippen molar-refractivity contribution in [3.8, 4) is 0 Å². The van der Waals surface area contributed by atoms with Gasteiger partial charge >= 0.3 is 5.97 Å². The Hall–Kier alpha value is -2.29. The molecule has 17 heavy (non-hydrogen) atoms. The minimum absolute atomic E-state index is 0.209. The maximum atomic E-state index is 11.5. The highest BCUT2D eigenvalue weighted by molar-refractivity contribution is 7.03. The minimum atomic E-state index is -1.00. The van der Waals surface area contributed by atoms with Gasteiger partial charge in [-0.2, -0.15) is 5.10 Å². The molecule has 0 saturated heterocycles. The van der Waals surface area contributed by atoms with Gasteiger partial charge in [-0.1, -0.05) is 4.49 Å². The average Bonchev–Trinajstić information content (AvgIpc) is 2.87. The predicted octanol–water partition coefficient (Wildman–Crippen LogP) is 0.0715. The van der Waals surface area contributed by atoms with E-state index in [1.807, 2.05) is 0 Å². The predicted molar refractivity (Wildman–Crippen MR) is 57.7 cm³/mol. The molecule has 0 saturated carbocycles. The highest BCUT2D eigenvalue weighted by Gasteiger charge is 2.10. The van der Waals surface area contributed by atoms with E-state index in [0.29, 0.717) is 5.69 Å². The summed E-state index contributed by atoms with van der Waals surface area (Å²) in [5, 5.41) is 20.0. The number of nitrogens with one attached hydrogen (secondary N) is 1. The molecule has 88 valence electrons. The van der Waals surface area contributed by atoms with Gasteiger partial charge in [0.15, 0.2) is 5.69 Å². The molecule has 2 N–H and O–H groups in total. The molecule has 1 amide bonds. The van der Waals surface area contributed by atoms with Crippen LogP contribution >= 0.6 is 11.5 Å². The fourth-order valence-electron chi connectivity index (χ4n) is 1.11. The number of carboxylic acid groups (broad SMARTS) is 1. The Kier molecular flexibility index (Phi) is 3.10. The van der Waals surface area contributed by atoms with Gasteiger partial charge in [-0.05, 0) is 11.5 Å². The molecule has 0 unspecified atom stereocenters. The van der Waals surface area contributed by atoms with Crippen LogP contribution in [0.15, 0.2) is 17.8 Å². The lowest BCUT2D eigenvalue weighted by molar-refractivity contribution is -0.137. The van der Waals surface area contributed by atoms with Crippen LogP contribution in [0.1, 0.15) is 10.5 Å². The van der Waals surface area contributed by atoms with Crippen molar-refractivity contribution in [2.75, 3.05) is 5.32 Å². The third-order valence-corrected chi connectivity index (χ3v) is 2.29. The van der Waals surface area contributed by atoms with Crippen LogP contribution in [0.4, 0.5) is 5.69 Å².